The van der Waals surface area contributed by atoms with Crippen molar-refractivity contribution in [2.75, 3.05) is 0 Å². The molecule has 0 aliphatic rings. The fourth-order valence-corrected chi connectivity index (χ4v) is 0. The quantitative estimate of drug-likeness (QED) is 0.434. The highest BCUT2D eigenvalue weighted by atomic mass is 16.6. The van der Waals surface area contributed by atoms with Gasteiger partial charge in [0.15, 0.2) is 0 Å². The van der Waals surface area contributed by atoms with Crippen LogP contribution >= 0.6 is 0 Å². The van der Waals surface area contributed by atoms with Crippen LogP contribution in [0.5, 0.6) is 0 Å². The maximum Gasteiger partial charge on any atom is 0.503 e. The van der Waals surface area contributed by atoms with E-state index in [9.17, 15) is 0 Å². The van der Waals surface area contributed by atoms with E-state index in [1.165, 1.54) is 0 Å². The second kappa shape index (κ2) is 3.27. The maximum absolute atomic E-state index is 8.56. The van der Waals surface area contributed by atoms with Crippen LogP contribution in [-0.4, -0.2) is 16.4 Å². The molecule has 0 rings (SSSR count). The maximum atomic E-state index is 8.56. The van der Waals surface area contributed by atoms with Gasteiger partial charge in [-0.15, -0.1) is 0 Å². The van der Waals surface area contributed by atoms with E-state index in [1.54, 1.807) is 0 Å². The van der Waals surface area contributed by atoms with E-state index in [0.29, 0.717) is 0 Å². The minimum absolute atomic E-state index is 0. The van der Waals surface area contributed by atoms with Crippen molar-refractivity contribution in [3.05, 3.63) is 7.43 Å². The molecule has 3 nitrogen and oxygen atoms in total. The zero-order chi connectivity index (χ0) is 3.58. The lowest BCUT2D eigenvalue weighted by atomic mass is 11.5. The Hall–Kier alpha value is -0.730. The van der Waals surface area contributed by atoms with Gasteiger partial charge in [-0.2, -0.15) is 0 Å². The van der Waals surface area contributed by atoms with Gasteiger partial charge >= 0.3 is 6.16 Å². The summed E-state index contributed by atoms with van der Waals surface area (Å²) in [5.74, 6) is 0. The van der Waals surface area contributed by atoms with E-state index in [-0.39, 0.29) is 7.43 Å². The monoisotopic (exact) mass is 74.0 g/mol. The molecule has 0 bridgehead atoms. The zero-order valence-corrected chi connectivity index (χ0v) is 2.30. The molecule has 5 heavy (non-hydrogen) atoms. The van der Waals surface area contributed by atoms with Gasteiger partial charge in [-0.1, -0.05) is 0 Å². The van der Waals surface area contributed by atoms with Crippen LogP contribution in [-0.2, 0) is 0 Å². The van der Waals surface area contributed by atoms with E-state index in [2.05, 4.69) is 0 Å². The molecule has 3 heteroatoms. The minimum Gasteiger partial charge on any atom is -0.450 e. The lowest BCUT2D eigenvalue weighted by Crippen LogP contribution is -1.81. The van der Waals surface area contributed by atoms with Crippen molar-refractivity contribution >= 4 is 6.16 Å². The molecule has 0 aromatic carbocycles. The number of carboxylic acid groups (broad SMARTS) is 2. The van der Waals surface area contributed by atoms with Crippen molar-refractivity contribution in [3.8, 4) is 0 Å². The fourth-order valence-electron chi connectivity index (χ4n) is 0. The van der Waals surface area contributed by atoms with E-state index < -0.39 is 6.16 Å². The molecule has 0 aliphatic heterocycles. The molecule has 0 aliphatic carbocycles. The van der Waals surface area contributed by atoms with Gasteiger partial charge < -0.3 is 10.2 Å². The Balaban J connectivity index is 0. The Morgan fingerprint density at radius 3 is 1.40 bits per heavy atom. The van der Waals surface area contributed by atoms with Crippen molar-refractivity contribution in [2.45, 2.75) is 0 Å². The molecule has 0 saturated carbocycles. The lowest BCUT2D eigenvalue weighted by molar-refractivity contribution is 0.137. The number of hydrogen-bond acceptors (Lipinski definition) is 1. The van der Waals surface area contributed by atoms with Crippen LogP contribution in [0.25, 0.3) is 0 Å². The third-order valence-electron chi connectivity index (χ3n) is 0. The molecule has 0 atom stereocenters. The van der Waals surface area contributed by atoms with E-state index >= 15 is 0 Å². The molecule has 28 valence electrons. The number of rotatable bonds is 0. The molecule has 0 unspecified atom stereocenters. The predicted molar refractivity (Wildman–Crippen MR) is 13.9 cm³/mol. The van der Waals surface area contributed by atoms with Gasteiger partial charge in [-0.3, -0.25) is 0 Å². The average molecular weight is 74.0 g/mol. The first-order valence-corrected chi connectivity index (χ1v) is 0.651. The van der Waals surface area contributed by atoms with E-state index in [0.717, 1.165) is 0 Å². The Kier molecular flexibility index (Phi) is 5.79. The minimum atomic E-state index is -1.83. The van der Waals surface area contributed by atoms with Gasteiger partial charge in [0.1, 0.15) is 0 Å². The fraction of sp³-hybridized carbons (Fsp3) is 0. The Morgan fingerprint density at radius 2 is 1.40 bits per heavy atom. The molecule has 0 aromatic rings. The van der Waals surface area contributed by atoms with Crippen molar-refractivity contribution < 1.29 is 15.0 Å². The molecule has 4 radical (unpaired) electrons. The summed E-state index contributed by atoms with van der Waals surface area (Å²) in [6, 6.07) is 0. The lowest BCUT2D eigenvalue weighted by Gasteiger charge is -1.60. The summed E-state index contributed by atoms with van der Waals surface area (Å²) in [4.78, 5) is 8.56. The van der Waals surface area contributed by atoms with Crippen LogP contribution in [0.4, 0.5) is 4.79 Å². The van der Waals surface area contributed by atoms with Crippen LogP contribution < -0.4 is 0 Å². The number of hydrogen-bond donors (Lipinski definition) is 2. The normalized spacial score (nSPS) is 4.80. The molecule has 0 aromatic heterocycles. The van der Waals surface area contributed by atoms with Crippen LogP contribution in [0.2, 0.25) is 0 Å². The Labute approximate surface area is 29.9 Å². The van der Waals surface area contributed by atoms with Crippen LogP contribution in [0.1, 0.15) is 0 Å². The molecular weight excluding hydrogens is 72.0 g/mol. The Morgan fingerprint density at radius 1 is 1.40 bits per heavy atom. The first-order chi connectivity index (χ1) is 1.73. The summed E-state index contributed by atoms with van der Waals surface area (Å²) < 4.78 is 0. The van der Waals surface area contributed by atoms with Crippen LogP contribution in [0, 0.1) is 7.43 Å². The molecule has 2 N–H and O–H groups in total. The van der Waals surface area contributed by atoms with Gasteiger partial charge in [0, 0.05) is 7.43 Å². The van der Waals surface area contributed by atoms with Crippen molar-refractivity contribution in [1.29, 1.82) is 0 Å². The molecule has 0 saturated heterocycles. The first-order valence-electron chi connectivity index (χ1n) is 0.651. The molecule has 0 spiro atoms. The Bertz CT molecular complexity index is 27.9. The highest BCUT2D eigenvalue weighted by molar-refractivity contribution is 5.53. The smallest absolute Gasteiger partial charge is 0.450 e. The zero-order valence-electron chi connectivity index (χ0n) is 2.30. The van der Waals surface area contributed by atoms with E-state index in [1.807, 2.05) is 0 Å². The van der Waals surface area contributed by atoms with Crippen molar-refractivity contribution in [1.82, 2.24) is 0 Å². The summed E-state index contributed by atoms with van der Waals surface area (Å²) in [7, 11) is 0. The van der Waals surface area contributed by atoms with Gasteiger partial charge in [0.2, 0.25) is 0 Å². The molecule has 0 fully saturated rings. The largest absolute Gasteiger partial charge is 0.503 e. The molecule has 0 amide bonds. The standard InChI is InChI=1S/CH2O3.C/c2-1(3)4;/h(H2,2,3,4);. The topological polar surface area (TPSA) is 57.5 Å². The third-order valence-corrected chi connectivity index (χ3v) is 0. The second-order valence-electron chi connectivity index (χ2n) is 0.283. The summed E-state index contributed by atoms with van der Waals surface area (Å²) in [5.41, 5.74) is 0. The van der Waals surface area contributed by atoms with Gasteiger partial charge in [-0.25, -0.2) is 4.79 Å². The average Bonchev–Trinajstić information content (AvgIpc) is 0.811. The highest BCUT2D eigenvalue weighted by Crippen LogP contribution is 1.42. The highest BCUT2D eigenvalue weighted by Gasteiger charge is 1.70. The first kappa shape index (κ1) is 8.86. The van der Waals surface area contributed by atoms with Gasteiger partial charge in [-0.05, 0) is 0 Å². The predicted octanol–water partition coefficient (Wildman–Crippen LogP) is 0.304. The number of carbonyl (C=O) groups is 1. The van der Waals surface area contributed by atoms with Crippen molar-refractivity contribution in [3.63, 3.8) is 0 Å². The second-order valence-corrected chi connectivity index (χ2v) is 0.283. The summed E-state index contributed by atoms with van der Waals surface area (Å²) in [6.45, 7) is 0. The summed E-state index contributed by atoms with van der Waals surface area (Å²) in [6.07, 6.45) is -1.83. The summed E-state index contributed by atoms with van der Waals surface area (Å²) in [5, 5.41) is 13.9. The van der Waals surface area contributed by atoms with Crippen molar-refractivity contribution in [2.24, 2.45) is 0 Å². The molecule has 0 heterocycles. The van der Waals surface area contributed by atoms with Gasteiger partial charge in [0.25, 0.3) is 0 Å². The van der Waals surface area contributed by atoms with Crippen LogP contribution in [0.15, 0.2) is 0 Å². The molecular formula is C2H2O3. The third kappa shape index (κ3) is 9.90. The van der Waals surface area contributed by atoms with Crippen LogP contribution in [0.3, 0.4) is 0 Å². The summed E-state index contributed by atoms with van der Waals surface area (Å²) >= 11 is 0. The SMILES string of the molecule is O=C(O)O.[C]. The van der Waals surface area contributed by atoms with E-state index in [4.69, 9.17) is 15.0 Å². The van der Waals surface area contributed by atoms with Gasteiger partial charge in [0.05, 0.1) is 0 Å².